The maximum Gasteiger partial charge on any atom is 0.326 e. The van der Waals surface area contributed by atoms with Gasteiger partial charge in [0.15, 0.2) is 0 Å². The molecule has 0 spiro atoms. The van der Waals surface area contributed by atoms with Gasteiger partial charge in [0.1, 0.15) is 18.1 Å². The Balaban J connectivity index is 5.52. The average molecular weight is 502 g/mol. The molecule has 5 atom stereocenters. The summed E-state index contributed by atoms with van der Waals surface area (Å²) < 4.78 is 0. The summed E-state index contributed by atoms with van der Waals surface area (Å²) in [5.41, 5.74) is 22.1. The second-order valence-corrected chi connectivity index (χ2v) is 8.67. The van der Waals surface area contributed by atoms with E-state index in [0.29, 0.717) is 45.2 Å². The molecule has 12 N–H and O–H groups in total. The summed E-state index contributed by atoms with van der Waals surface area (Å²) in [6.07, 6.45) is 2.63. The number of carbonyl (C=O) groups is 5. The molecule has 0 aliphatic rings. The Hall–Kier alpha value is -2.77. The van der Waals surface area contributed by atoms with Crippen LogP contribution in [-0.4, -0.2) is 72.0 Å². The molecule has 0 aromatic carbocycles. The van der Waals surface area contributed by atoms with Crippen molar-refractivity contribution in [3.63, 3.8) is 0 Å². The van der Waals surface area contributed by atoms with Crippen LogP contribution in [0.5, 0.6) is 0 Å². The van der Waals surface area contributed by atoms with E-state index in [-0.39, 0.29) is 18.8 Å². The van der Waals surface area contributed by atoms with Gasteiger partial charge in [0.05, 0.1) is 12.5 Å². The molecule has 0 saturated carbocycles. The summed E-state index contributed by atoms with van der Waals surface area (Å²) in [7, 11) is 0. The zero-order valence-corrected chi connectivity index (χ0v) is 20.8. The highest BCUT2D eigenvalue weighted by Gasteiger charge is 2.31. The molecule has 202 valence electrons. The predicted molar refractivity (Wildman–Crippen MR) is 130 cm³/mol. The van der Waals surface area contributed by atoms with Gasteiger partial charge in [-0.15, -0.1) is 0 Å². The maximum atomic E-state index is 12.9. The number of carboxylic acid groups (broad SMARTS) is 1. The van der Waals surface area contributed by atoms with Crippen molar-refractivity contribution in [1.29, 1.82) is 0 Å². The molecule has 13 heteroatoms. The minimum Gasteiger partial charge on any atom is -0.480 e. The summed E-state index contributed by atoms with van der Waals surface area (Å²) in [5, 5.41) is 16.8. The van der Waals surface area contributed by atoms with Crippen molar-refractivity contribution in [3.8, 4) is 0 Å². The number of nitrogens with two attached hydrogens (primary N) is 4. The number of rotatable bonds is 19. The average Bonchev–Trinajstić information content (AvgIpc) is 2.80. The van der Waals surface area contributed by atoms with Gasteiger partial charge in [-0.25, -0.2) is 4.79 Å². The molecule has 0 rings (SSSR count). The molecule has 0 radical (unpaired) electrons. The zero-order chi connectivity index (χ0) is 27.0. The van der Waals surface area contributed by atoms with E-state index in [1.54, 1.807) is 6.92 Å². The number of primary amides is 1. The molecule has 0 bridgehead atoms. The molecule has 0 unspecified atom stereocenters. The van der Waals surface area contributed by atoms with Crippen molar-refractivity contribution in [2.24, 2.45) is 28.9 Å². The van der Waals surface area contributed by atoms with Crippen LogP contribution in [0.4, 0.5) is 0 Å². The van der Waals surface area contributed by atoms with Crippen LogP contribution in [0.3, 0.4) is 0 Å². The number of nitrogens with one attached hydrogen (secondary N) is 3. The van der Waals surface area contributed by atoms with Crippen molar-refractivity contribution in [3.05, 3.63) is 0 Å². The highest BCUT2D eigenvalue weighted by atomic mass is 16.4. The van der Waals surface area contributed by atoms with Crippen LogP contribution in [-0.2, 0) is 24.0 Å². The Labute approximate surface area is 206 Å². The fourth-order valence-electron chi connectivity index (χ4n) is 3.25. The zero-order valence-electron chi connectivity index (χ0n) is 20.8. The quantitative estimate of drug-likeness (QED) is 0.0913. The van der Waals surface area contributed by atoms with Crippen LogP contribution < -0.4 is 38.9 Å². The Kier molecular flexibility index (Phi) is 16.2. The smallest absolute Gasteiger partial charge is 0.326 e. The largest absolute Gasteiger partial charge is 0.480 e. The highest BCUT2D eigenvalue weighted by molar-refractivity contribution is 5.96. The summed E-state index contributed by atoms with van der Waals surface area (Å²) in [6.45, 7) is 4.40. The van der Waals surface area contributed by atoms with E-state index in [2.05, 4.69) is 16.0 Å². The third-order valence-corrected chi connectivity index (χ3v) is 5.74. The molecule has 0 aliphatic heterocycles. The number of carboxylic acids is 1. The van der Waals surface area contributed by atoms with Crippen LogP contribution >= 0.6 is 0 Å². The van der Waals surface area contributed by atoms with Crippen LogP contribution in [0.2, 0.25) is 0 Å². The van der Waals surface area contributed by atoms with Gasteiger partial charge in [-0.1, -0.05) is 20.3 Å². The summed E-state index contributed by atoms with van der Waals surface area (Å²) >= 11 is 0. The first-order valence-corrected chi connectivity index (χ1v) is 12.1. The van der Waals surface area contributed by atoms with Gasteiger partial charge in [0.25, 0.3) is 0 Å². The van der Waals surface area contributed by atoms with Gasteiger partial charge in [0.2, 0.25) is 23.6 Å². The fourth-order valence-corrected chi connectivity index (χ4v) is 3.25. The van der Waals surface area contributed by atoms with Crippen molar-refractivity contribution in [1.82, 2.24) is 16.0 Å². The van der Waals surface area contributed by atoms with Crippen LogP contribution in [0.15, 0.2) is 0 Å². The van der Waals surface area contributed by atoms with E-state index in [1.165, 1.54) is 0 Å². The number of aliphatic carboxylic acids is 1. The van der Waals surface area contributed by atoms with Gasteiger partial charge in [-0.3, -0.25) is 19.2 Å². The van der Waals surface area contributed by atoms with E-state index in [0.717, 1.165) is 0 Å². The fraction of sp³-hybridized carbons (Fsp3) is 0.773. The van der Waals surface area contributed by atoms with E-state index < -0.39 is 60.2 Å². The van der Waals surface area contributed by atoms with Gasteiger partial charge in [0, 0.05) is 0 Å². The molecular formula is C22H43N7O6. The standard InChI is InChI=1S/C22H43N7O6/c1-3-13(2)18(26)21(33)29-16(12-17(25)30)20(32)27-14(8-4-6-10-23)19(31)28-15(22(34)35)9-5-7-11-24/h13-16,18H,3-12,23-24,26H2,1-2H3,(H2,25,30)(H,27,32)(H,28,31)(H,29,33)(H,34,35)/t13-,14-,15-,16-,18-/m0/s1. The molecule has 0 fully saturated rings. The van der Waals surface area contributed by atoms with Crippen molar-refractivity contribution in [2.45, 2.75) is 89.4 Å². The summed E-state index contributed by atoms with van der Waals surface area (Å²) in [4.78, 5) is 61.4. The molecule has 0 aromatic rings. The van der Waals surface area contributed by atoms with Gasteiger partial charge < -0.3 is 44.0 Å². The molecule has 13 nitrogen and oxygen atoms in total. The Bertz CT molecular complexity index is 706. The van der Waals surface area contributed by atoms with Crippen LogP contribution in [0, 0.1) is 5.92 Å². The topological polar surface area (TPSA) is 246 Å². The molecule has 0 aliphatic carbocycles. The Morgan fingerprint density at radius 3 is 1.69 bits per heavy atom. The monoisotopic (exact) mass is 501 g/mol. The molecule has 0 saturated heterocycles. The lowest BCUT2D eigenvalue weighted by molar-refractivity contribution is -0.142. The minimum atomic E-state index is -1.35. The predicted octanol–water partition coefficient (Wildman–Crippen LogP) is -1.97. The van der Waals surface area contributed by atoms with E-state index in [9.17, 15) is 29.1 Å². The maximum absolute atomic E-state index is 12.9. The molecule has 0 heterocycles. The van der Waals surface area contributed by atoms with Crippen LogP contribution in [0.1, 0.15) is 65.2 Å². The first-order valence-electron chi connectivity index (χ1n) is 12.1. The lowest BCUT2D eigenvalue weighted by Crippen LogP contribution is -2.58. The van der Waals surface area contributed by atoms with Gasteiger partial charge >= 0.3 is 5.97 Å². The van der Waals surface area contributed by atoms with E-state index in [4.69, 9.17) is 22.9 Å². The first-order chi connectivity index (χ1) is 16.5. The van der Waals surface area contributed by atoms with Crippen molar-refractivity contribution in [2.75, 3.05) is 13.1 Å². The van der Waals surface area contributed by atoms with Gasteiger partial charge in [-0.05, 0) is 57.5 Å². The lowest BCUT2D eigenvalue weighted by Gasteiger charge is -2.25. The normalized spacial score (nSPS) is 15.2. The number of hydrogen-bond acceptors (Lipinski definition) is 8. The molecule has 35 heavy (non-hydrogen) atoms. The summed E-state index contributed by atoms with van der Waals surface area (Å²) in [6, 6.07) is -4.52. The SMILES string of the molecule is CC[C@H](C)[C@H](N)C(=O)N[C@@H](CC(N)=O)C(=O)N[C@@H](CCCCN)C(=O)N[C@@H](CCCCN)C(=O)O. The second-order valence-electron chi connectivity index (χ2n) is 8.67. The third-order valence-electron chi connectivity index (χ3n) is 5.74. The minimum absolute atomic E-state index is 0.172. The Morgan fingerprint density at radius 1 is 0.771 bits per heavy atom. The highest BCUT2D eigenvalue weighted by Crippen LogP contribution is 2.08. The first kappa shape index (κ1) is 32.2. The van der Waals surface area contributed by atoms with Crippen LogP contribution in [0.25, 0.3) is 0 Å². The Morgan fingerprint density at radius 2 is 1.23 bits per heavy atom. The summed E-state index contributed by atoms with van der Waals surface area (Å²) in [5.74, 6) is -4.35. The van der Waals surface area contributed by atoms with Gasteiger partial charge in [-0.2, -0.15) is 0 Å². The molecular weight excluding hydrogens is 458 g/mol. The number of amides is 4. The second kappa shape index (κ2) is 17.6. The van der Waals surface area contributed by atoms with Crippen molar-refractivity contribution >= 4 is 29.6 Å². The lowest BCUT2D eigenvalue weighted by atomic mass is 9.98. The molecule has 4 amide bonds. The number of unbranched alkanes of at least 4 members (excludes halogenated alkanes) is 2. The number of hydrogen-bond donors (Lipinski definition) is 8. The number of carbonyl (C=O) groups excluding carboxylic acids is 4. The third kappa shape index (κ3) is 13.0. The van der Waals surface area contributed by atoms with Crippen molar-refractivity contribution < 1.29 is 29.1 Å². The van der Waals surface area contributed by atoms with E-state index >= 15 is 0 Å². The molecule has 0 aromatic heterocycles. The van der Waals surface area contributed by atoms with E-state index in [1.807, 2.05) is 6.92 Å².